The Bertz CT molecular complexity index is 643. The van der Waals surface area contributed by atoms with Crippen molar-refractivity contribution in [1.82, 2.24) is 14.7 Å². The highest BCUT2D eigenvalue weighted by Gasteiger charge is 2.25. The summed E-state index contributed by atoms with van der Waals surface area (Å²) in [7, 11) is 0. The molecule has 142 valence electrons. The molecule has 0 aromatic heterocycles. The van der Waals surface area contributed by atoms with Gasteiger partial charge in [-0.25, -0.2) is 0 Å². The fraction of sp³-hybridized carbons (Fsp3) is 0.650. The molecule has 0 unspecified atom stereocenters. The van der Waals surface area contributed by atoms with Crippen LogP contribution < -0.4 is 9.47 Å². The van der Waals surface area contributed by atoms with Crippen LogP contribution >= 0.6 is 0 Å². The van der Waals surface area contributed by atoms with Crippen LogP contribution in [0.25, 0.3) is 0 Å². The third kappa shape index (κ3) is 4.13. The minimum absolute atomic E-state index is 0.293. The maximum absolute atomic E-state index is 12.6. The Morgan fingerprint density at radius 1 is 1.08 bits per heavy atom. The van der Waals surface area contributed by atoms with Gasteiger partial charge in [0, 0.05) is 39.3 Å². The van der Waals surface area contributed by atoms with Gasteiger partial charge in [0.1, 0.15) is 0 Å². The van der Waals surface area contributed by atoms with Crippen LogP contribution in [0.4, 0.5) is 0 Å². The number of rotatable bonds is 4. The lowest BCUT2D eigenvalue weighted by Gasteiger charge is -2.37. The van der Waals surface area contributed by atoms with E-state index in [1.165, 1.54) is 18.4 Å². The van der Waals surface area contributed by atoms with Crippen molar-refractivity contribution in [2.45, 2.75) is 26.3 Å². The molecule has 1 aromatic carbocycles. The molecule has 6 nitrogen and oxygen atoms in total. The number of piperazine rings is 1. The van der Waals surface area contributed by atoms with Gasteiger partial charge in [-0.05, 0) is 43.0 Å². The predicted octanol–water partition coefficient (Wildman–Crippen LogP) is 1.79. The van der Waals surface area contributed by atoms with Crippen LogP contribution in [0, 0.1) is 5.92 Å². The highest BCUT2D eigenvalue weighted by molar-refractivity contribution is 5.78. The molecule has 0 N–H and O–H groups in total. The summed E-state index contributed by atoms with van der Waals surface area (Å²) in [6.45, 7) is 9.72. The second-order valence-electron chi connectivity index (χ2n) is 7.83. The van der Waals surface area contributed by atoms with Crippen molar-refractivity contribution in [3.05, 3.63) is 23.8 Å². The Morgan fingerprint density at radius 3 is 2.69 bits per heavy atom. The Kier molecular flexibility index (Phi) is 5.31. The standard InChI is InChI=1S/C20H29N3O3/c1-16-3-2-6-22(12-16)14-20(24)23-9-7-21(8-10-23)13-17-4-5-18-19(11-17)26-15-25-18/h4-5,11,16H,2-3,6-10,12-15H2,1H3/t16-/m1/s1. The lowest BCUT2D eigenvalue weighted by molar-refractivity contribution is -0.134. The molecule has 1 aromatic rings. The number of amides is 1. The Hall–Kier alpha value is -1.79. The van der Waals surface area contributed by atoms with Crippen LogP contribution in [0.5, 0.6) is 11.5 Å². The molecule has 1 amide bonds. The summed E-state index contributed by atoms with van der Waals surface area (Å²) in [6.07, 6.45) is 2.51. The molecule has 0 spiro atoms. The van der Waals surface area contributed by atoms with Crippen molar-refractivity contribution < 1.29 is 14.3 Å². The van der Waals surface area contributed by atoms with Gasteiger partial charge in [-0.2, -0.15) is 0 Å². The quantitative estimate of drug-likeness (QED) is 0.820. The first-order chi connectivity index (χ1) is 12.7. The molecule has 26 heavy (non-hydrogen) atoms. The number of nitrogens with zero attached hydrogens (tertiary/aromatic N) is 3. The van der Waals surface area contributed by atoms with E-state index in [0.717, 1.165) is 63.2 Å². The van der Waals surface area contributed by atoms with E-state index in [-0.39, 0.29) is 0 Å². The fourth-order valence-corrected chi connectivity index (χ4v) is 4.17. The van der Waals surface area contributed by atoms with Crippen molar-refractivity contribution >= 4 is 5.91 Å². The zero-order valence-corrected chi connectivity index (χ0v) is 15.7. The second-order valence-corrected chi connectivity index (χ2v) is 7.83. The molecule has 3 heterocycles. The van der Waals surface area contributed by atoms with Gasteiger partial charge in [0.15, 0.2) is 11.5 Å². The molecule has 4 rings (SSSR count). The fourth-order valence-electron chi connectivity index (χ4n) is 4.17. The number of likely N-dealkylation sites (tertiary alicyclic amines) is 1. The first-order valence-electron chi connectivity index (χ1n) is 9.78. The normalized spacial score (nSPS) is 24.0. The first-order valence-corrected chi connectivity index (χ1v) is 9.78. The molecule has 0 aliphatic carbocycles. The lowest BCUT2D eigenvalue weighted by atomic mass is 10.0. The third-order valence-corrected chi connectivity index (χ3v) is 5.67. The van der Waals surface area contributed by atoms with E-state index < -0.39 is 0 Å². The summed E-state index contributed by atoms with van der Waals surface area (Å²) in [5, 5.41) is 0. The summed E-state index contributed by atoms with van der Waals surface area (Å²) >= 11 is 0. The van der Waals surface area contributed by atoms with Crippen molar-refractivity contribution in [1.29, 1.82) is 0 Å². The largest absolute Gasteiger partial charge is 0.454 e. The monoisotopic (exact) mass is 359 g/mol. The summed E-state index contributed by atoms with van der Waals surface area (Å²) in [6, 6.07) is 6.15. The molecule has 2 saturated heterocycles. The Morgan fingerprint density at radius 2 is 1.88 bits per heavy atom. The van der Waals surface area contributed by atoms with Gasteiger partial charge < -0.3 is 14.4 Å². The van der Waals surface area contributed by atoms with Gasteiger partial charge in [-0.15, -0.1) is 0 Å². The highest BCUT2D eigenvalue weighted by atomic mass is 16.7. The molecule has 2 fully saturated rings. The number of hydrogen-bond acceptors (Lipinski definition) is 5. The zero-order valence-electron chi connectivity index (χ0n) is 15.7. The summed E-state index contributed by atoms with van der Waals surface area (Å²) < 4.78 is 10.8. The van der Waals surface area contributed by atoms with Crippen LogP contribution in [0.2, 0.25) is 0 Å². The number of carbonyl (C=O) groups excluding carboxylic acids is 1. The van der Waals surface area contributed by atoms with Crippen LogP contribution in [-0.4, -0.2) is 73.2 Å². The molecule has 3 aliphatic heterocycles. The lowest BCUT2D eigenvalue weighted by Crippen LogP contribution is -2.51. The summed E-state index contributed by atoms with van der Waals surface area (Å²) in [5.74, 6) is 2.68. The van der Waals surface area contributed by atoms with Crippen molar-refractivity contribution in [3.63, 3.8) is 0 Å². The maximum atomic E-state index is 12.6. The van der Waals surface area contributed by atoms with E-state index >= 15 is 0 Å². The molecular formula is C20H29N3O3. The summed E-state index contributed by atoms with van der Waals surface area (Å²) in [4.78, 5) is 19.4. The van der Waals surface area contributed by atoms with E-state index in [0.29, 0.717) is 19.2 Å². The zero-order chi connectivity index (χ0) is 17.9. The smallest absolute Gasteiger partial charge is 0.236 e. The van der Waals surface area contributed by atoms with Gasteiger partial charge >= 0.3 is 0 Å². The minimum Gasteiger partial charge on any atom is -0.454 e. The Labute approximate surface area is 155 Å². The van der Waals surface area contributed by atoms with Crippen LogP contribution in [0.3, 0.4) is 0 Å². The average Bonchev–Trinajstić information content (AvgIpc) is 3.10. The minimum atomic E-state index is 0.293. The topological polar surface area (TPSA) is 45.3 Å². The van der Waals surface area contributed by atoms with Gasteiger partial charge in [0.05, 0.1) is 6.54 Å². The van der Waals surface area contributed by atoms with Crippen molar-refractivity contribution in [2.75, 3.05) is 52.6 Å². The molecule has 0 bridgehead atoms. The first kappa shape index (κ1) is 17.6. The molecule has 0 saturated carbocycles. The van der Waals surface area contributed by atoms with Crippen LogP contribution in [0.1, 0.15) is 25.3 Å². The number of piperidine rings is 1. The van der Waals surface area contributed by atoms with E-state index in [4.69, 9.17) is 9.47 Å². The van der Waals surface area contributed by atoms with E-state index in [1.807, 2.05) is 11.0 Å². The van der Waals surface area contributed by atoms with Crippen molar-refractivity contribution in [3.8, 4) is 11.5 Å². The SMILES string of the molecule is C[C@@H]1CCCN(CC(=O)N2CCN(Cc3ccc4c(c3)OCO4)CC2)C1. The highest BCUT2D eigenvalue weighted by Crippen LogP contribution is 2.32. The molecule has 6 heteroatoms. The predicted molar refractivity (Wildman–Crippen MR) is 99.3 cm³/mol. The number of benzene rings is 1. The van der Waals surface area contributed by atoms with Crippen molar-refractivity contribution in [2.24, 2.45) is 5.92 Å². The van der Waals surface area contributed by atoms with Crippen LogP contribution in [-0.2, 0) is 11.3 Å². The van der Waals surface area contributed by atoms with E-state index in [9.17, 15) is 4.79 Å². The van der Waals surface area contributed by atoms with E-state index in [1.54, 1.807) is 0 Å². The number of carbonyl (C=O) groups is 1. The Balaban J connectivity index is 1.24. The third-order valence-electron chi connectivity index (χ3n) is 5.67. The van der Waals surface area contributed by atoms with Gasteiger partial charge in [-0.1, -0.05) is 13.0 Å². The van der Waals surface area contributed by atoms with Gasteiger partial charge in [-0.3, -0.25) is 14.6 Å². The maximum Gasteiger partial charge on any atom is 0.236 e. The number of hydrogen-bond donors (Lipinski definition) is 0. The van der Waals surface area contributed by atoms with Gasteiger partial charge in [0.2, 0.25) is 12.7 Å². The molecule has 3 aliphatic rings. The van der Waals surface area contributed by atoms with Crippen LogP contribution in [0.15, 0.2) is 18.2 Å². The average molecular weight is 359 g/mol. The number of fused-ring (bicyclic) bond motifs is 1. The second kappa shape index (κ2) is 7.84. The number of ether oxygens (including phenoxy) is 2. The molecule has 0 radical (unpaired) electrons. The summed E-state index contributed by atoms with van der Waals surface area (Å²) in [5.41, 5.74) is 1.23. The van der Waals surface area contributed by atoms with E-state index in [2.05, 4.69) is 28.9 Å². The van der Waals surface area contributed by atoms with Gasteiger partial charge in [0.25, 0.3) is 0 Å². The molecule has 1 atom stereocenters. The molecular weight excluding hydrogens is 330 g/mol.